The SMILES string of the molecule is C=C[C@]1(C)CC[C@@H]2[C@H](OC(=O)[C@H]2C)[C@H]1C(=C)C(=O)OC. The Morgan fingerprint density at radius 1 is 1.55 bits per heavy atom. The van der Waals surface area contributed by atoms with E-state index in [-0.39, 0.29) is 35.2 Å². The van der Waals surface area contributed by atoms with Crippen molar-refractivity contribution in [2.45, 2.75) is 32.8 Å². The molecule has 110 valence electrons. The zero-order valence-electron chi connectivity index (χ0n) is 12.3. The second-order valence-electron chi connectivity index (χ2n) is 6.10. The summed E-state index contributed by atoms with van der Waals surface area (Å²) < 4.78 is 10.3. The minimum Gasteiger partial charge on any atom is -0.466 e. The molecule has 2 rings (SSSR count). The topological polar surface area (TPSA) is 52.6 Å². The quantitative estimate of drug-likeness (QED) is 0.452. The van der Waals surface area contributed by atoms with E-state index in [1.165, 1.54) is 7.11 Å². The highest BCUT2D eigenvalue weighted by atomic mass is 16.6. The predicted octanol–water partition coefficient (Wildman–Crippen LogP) is 2.50. The van der Waals surface area contributed by atoms with E-state index in [0.717, 1.165) is 12.8 Å². The van der Waals surface area contributed by atoms with Gasteiger partial charge in [-0.15, -0.1) is 6.58 Å². The highest BCUT2D eigenvalue weighted by Crippen LogP contribution is 2.53. The minimum absolute atomic E-state index is 0.123. The molecule has 0 aromatic rings. The van der Waals surface area contributed by atoms with E-state index in [1.807, 2.05) is 19.9 Å². The van der Waals surface area contributed by atoms with Crippen LogP contribution in [-0.2, 0) is 19.1 Å². The van der Waals surface area contributed by atoms with E-state index >= 15 is 0 Å². The van der Waals surface area contributed by atoms with E-state index in [4.69, 9.17) is 9.47 Å². The van der Waals surface area contributed by atoms with Crippen molar-refractivity contribution in [1.29, 1.82) is 0 Å². The Hall–Kier alpha value is -1.58. The highest BCUT2D eigenvalue weighted by Gasteiger charge is 2.55. The fraction of sp³-hybridized carbons (Fsp3) is 0.625. The van der Waals surface area contributed by atoms with Gasteiger partial charge in [-0.3, -0.25) is 4.79 Å². The van der Waals surface area contributed by atoms with Gasteiger partial charge in [-0.05, 0) is 18.3 Å². The molecule has 1 saturated carbocycles. The fourth-order valence-electron chi connectivity index (χ4n) is 3.61. The molecule has 0 bridgehead atoms. The zero-order chi connectivity index (χ0) is 15.1. The summed E-state index contributed by atoms with van der Waals surface area (Å²) in [5, 5.41) is 0. The minimum atomic E-state index is -0.445. The third-order valence-corrected chi connectivity index (χ3v) is 5.03. The molecule has 5 atom stereocenters. The lowest BCUT2D eigenvalue weighted by Gasteiger charge is -2.45. The average Bonchev–Trinajstić information content (AvgIpc) is 2.72. The number of methoxy groups -OCH3 is 1. The van der Waals surface area contributed by atoms with Gasteiger partial charge in [0.1, 0.15) is 6.10 Å². The van der Waals surface area contributed by atoms with E-state index in [0.29, 0.717) is 5.57 Å². The first-order valence-electron chi connectivity index (χ1n) is 6.97. The van der Waals surface area contributed by atoms with E-state index in [9.17, 15) is 9.59 Å². The van der Waals surface area contributed by atoms with Crippen LogP contribution in [0.1, 0.15) is 26.7 Å². The highest BCUT2D eigenvalue weighted by molar-refractivity contribution is 5.89. The van der Waals surface area contributed by atoms with Crippen molar-refractivity contribution >= 4 is 11.9 Å². The molecule has 0 aromatic heterocycles. The van der Waals surface area contributed by atoms with Crippen molar-refractivity contribution in [3.63, 3.8) is 0 Å². The van der Waals surface area contributed by atoms with Gasteiger partial charge in [-0.1, -0.05) is 26.5 Å². The van der Waals surface area contributed by atoms with E-state index in [2.05, 4.69) is 13.2 Å². The van der Waals surface area contributed by atoms with Crippen molar-refractivity contribution in [3.05, 3.63) is 24.8 Å². The molecule has 1 aliphatic heterocycles. The Bertz CT molecular complexity index is 467. The third kappa shape index (κ3) is 2.07. The standard InChI is InChI=1S/C16H22O4/c1-6-16(4)8-7-11-9(2)15(18)20-13(11)12(16)10(3)14(17)19-5/h6,9,11-13H,1,3,7-8H2,2,4-5H3/t9-,11-,12+,13-,16+/m0/s1. The Kier molecular flexibility index (Phi) is 3.76. The number of ether oxygens (including phenoxy) is 2. The summed E-state index contributed by atoms with van der Waals surface area (Å²) in [5.41, 5.74) is 0.0584. The van der Waals surface area contributed by atoms with Crippen LogP contribution in [0.3, 0.4) is 0 Å². The number of esters is 2. The zero-order valence-corrected chi connectivity index (χ0v) is 12.3. The van der Waals surface area contributed by atoms with Crippen molar-refractivity contribution < 1.29 is 19.1 Å². The van der Waals surface area contributed by atoms with Gasteiger partial charge in [0.2, 0.25) is 0 Å². The lowest BCUT2D eigenvalue weighted by Crippen LogP contribution is -2.45. The summed E-state index contributed by atoms with van der Waals surface area (Å²) in [5.74, 6) is -0.875. The van der Waals surface area contributed by atoms with Crippen molar-refractivity contribution in [1.82, 2.24) is 0 Å². The molecule has 2 fully saturated rings. The van der Waals surface area contributed by atoms with Crippen LogP contribution in [0.15, 0.2) is 24.8 Å². The molecule has 0 N–H and O–H groups in total. The van der Waals surface area contributed by atoms with Crippen LogP contribution in [0.5, 0.6) is 0 Å². The Morgan fingerprint density at radius 2 is 2.20 bits per heavy atom. The summed E-state index contributed by atoms with van der Waals surface area (Å²) in [6, 6.07) is 0. The maximum absolute atomic E-state index is 11.9. The number of allylic oxidation sites excluding steroid dienone is 1. The summed E-state index contributed by atoms with van der Waals surface area (Å²) in [7, 11) is 1.34. The van der Waals surface area contributed by atoms with Crippen LogP contribution >= 0.6 is 0 Å². The van der Waals surface area contributed by atoms with Gasteiger partial charge in [0.25, 0.3) is 0 Å². The number of carbonyl (C=O) groups is 2. The molecule has 1 saturated heterocycles. The van der Waals surface area contributed by atoms with Crippen LogP contribution < -0.4 is 0 Å². The largest absolute Gasteiger partial charge is 0.466 e. The number of hydrogen-bond acceptors (Lipinski definition) is 4. The lowest BCUT2D eigenvalue weighted by atomic mass is 9.59. The maximum atomic E-state index is 11.9. The molecule has 0 radical (unpaired) electrons. The van der Waals surface area contributed by atoms with Crippen molar-refractivity contribution in [2.24, 2.45) is 23.2 Å². The van der Waals surface area contributed by atoms with Crippen LogP contribution in [0, 0.1) is 23.2 Å². The van der Waals surface area contributed by atoms with Crippen LogP contribution in [-0.4, -0.2) is 25.2 Å². The van der Waals surface area contributed by atoms with Gasteiger partial charge in [-0.25, -0.2) is 4.79 Å². The molecule has 0 amide bonds. The molecule has 1 heterocycles. The van der Waals surface area contributed by atoms with Crippen LogP contribution in [0.2, 0.25) is 0 Å². The monoisotopic (exact) mass is 278 g/mol. The number of carbonyl (C=O) groups excluding carboxylic acids is 2. The Morgan fingerprint density at radius 3 is 2.75 bits per heavy atom. The summed E-state index contributed by atoms with van der Waals surface area (Å²) in [6.07, 6.45) is 3.30. The number of rotatable bonds is 3. The first-order chi connectivity index (χ1) is 9.35. The van der Waals surface area contributed by atoms with Gasteiger partial charge in [0.05, 0.1) is 13.0 Å². The lowest BCUT2D eigenvalue weighted by molar-refractivity contribution is -0.149. The Labute approximate surface area is 119 Å². The smallest absolute Gasteiger partial charge is 0.333 e. The second kappa shape index (κ2) is 5.08. The fourth-order valence-corrected chi connectivity index (χ4v) is 3.61. The summed E-state index contributed by atoms with van der Waals surface area (Å²) in [4.78, 5) is 23.7. The molecule has 4 nitrogen and oxygen atoms in total. The summed E-state index contributed by atoms with van der Waals surface area (Å²) in [6.45, 7) is 11.7. The first-order valence-corrected chi connectivity index (χ1v) is 6.97. The van der Waals surface area contributed by atoms with Gasteiger partial charge >= 0.3 is 11.9 Å². The normalized spacial score (nSPS) is 39.6. The van der Waals surface area contributed by atoms with Gasteiger partial charge in [-0.2, -0.15) is 0 Å². The number of hydrogen-bond donors (Lipinski definition) is 0. The Balaban J connectivity index is 2.39. The van der Waals surface area contributed by atoms with E-state index in [1.54, 1.807) is 0 Å². The average molecular weight is 278 g/mol. The molecule has 0 unspecified atom stereocenters. The molecule has 0 spiro atoms. The van der Waals surface area contributed by atoms with Crippen LogP contribution in [0.25, 0.3) is 0 Å². The van der Waals surface area contributed by atoms with Crippen molar-refractivity contribution in [2.75, 3.05) is 7.11 Å². The first kappa shape index (κ1) is 14.8. The predicted molar refractivity (Wildman–Crippen MR) is 74.7 cm³/mol. The molecular weight excluding hydrogens is 256 g/mol. The molecule has 20 heavy (non-hydrogen) atoms. The second-order valence-corrected chi connectivity index (χ2v) is 6.10. The molecular formula is C16H22O4. The maximum Gasteiger partial charge on any atom is 0.333 e. The van der Waals surface area contributed by atoms with E-state index < -0.39 is 5.97 Å². The van der Waals surface area contributed by atoms with Crippen molar-refractivity contribution in [3.8, 4) is 0 Å². The van der Waals surface area contributed by atoms with Gasteiger partial charge in [0, 0.05) is 17.4 Å². The van der Waals surface area contributed by atoms with Crippen LogP contribution in [0.4, 0.5) is 0 Å². The summed E-state index contributed by atoms with van der Waals surface area (Å²) >= 11 is 0. The number of fused-ring (bicyclic) bond motifs is 1. The molecule has 0 aromatic carbocycles. The third-order valence-electron chi connectivity index (χ3n) is 5.03. The van der Waals surface area contributed by atoms with Gasteiger partial charge < -0.3 is 9.47 Å². The van der Waals surface area contributed by atoms with Gasteiger partial charge in [0.15, 0.2) is 0 Å². The molecule has 4 heteroatoms. The molecule has 2 aliphatic rings. The molecule has 1 aliphatic carbocycles.